The number of methoxy groups -OCH3 is 1. The van der Waals surface area contributed by atoms with Crippen LogP contribution in [0.4, 0.5) is 0 Å². The summed E-state index contributed by atoms with van der Waals surface area (Å²) in [4.78, 5) is 26.3. The molecule has 2 heterocycles. The van der Waals surface area contributed by atoms with E-state index in [0.717, 1.165) is 6.07 Å². The second-order valence-corrected chi connectivity index (χ2v) is 10.6. The van der Waals surface area contributed by atoms with E-state index in [9.17, 15) is 23.1 Å². The number of hydrogen-bond donors (Lipinski definition) is 1. The van der Waals surface area contributed by atoms with Crippen LogP contribution in [0.15, 0.2) is 21.5 Å². The fourth-order valence-corrected chi connectivity index (χ4v) is 7.06. The average Bonchev–Trinajstić information content (AvgIpc) is 2.78. The number of rotatable bonds is 6. The van der Waals surface area contributed by atoms with Crippen LogP contribution in [0.5, 0.6) is 0 Å². The predicted octanol–water partition coefficient (Wildman–Crippen LogP) is 2.11. The topological polar surface area (TPSA) is 104 Å². The van der Waals surface area contributed by atoms with Crippen LogP contribution in [0, 0.1) is 25.2 Å². The second-order valence-electron chi connectivity index (χ2n) is 7.87. The minimum absolute atomic E-state index is 0.0927. The number of ether oxygens (including phenoxy) is 1. The van der Waals surface area contributed by atoms with Crippen molar-refractivity contribution >= 4 is 37.8 Å². The number of fused-ring (bicyclic) bond motifs is 2. The minimum Gasteiger partial charge on any atom is -0.478 e. The average molecular weight is 513 g/mol. The number of halogens is 1. The lowest BCUT2D eigenvalue weighted by atomic mass is 9.91. The van der Waals surface area contributed by atoms with Crippen molar-refractivity contribution < 1.29 is 27.9 Å². The highest BCUT2D eigenvalue weighted by Crippen LogP contribution is 2.38. The van der Waals surface area contributed by atoms with E-state index in [4.69, 9.17) is 11.2 Å². The van der Waals surface area contributed by atoms with Gasteiger partial charge in [0.05, 0.1) is 23.6 Å². The Hall–Kier alpha value is -1.93. The molecular formula is C21H25BrN2O6S. The Labute approximate surface area is 190 Å². The molecule has 0 aliphatic carbocycles. The Morgan fingerprint density at radius 2 is 2.10 bits per heavy atom. The number of terminal acetylenes is 1. The number of carboxylic acids is 1. The maximum absolute atomic E-state index is 13.8. The molecule has 1 N–H and O–H groups in total. The number of aromatic carboxylic acids is 1. The first-order chi connectivity index (χ1) is 14.6. The van der Waals surface area contributed by atoms with Gasteiger partial charge < -0.3 is 14.7 Å². The van der Waals surface area contributed by atoms with Crippen molar-refractivity contribution in [2.75, 3.05) is 26.8 Å². The number of carbonyl (C=O) groups is 2. The number of amides is 1. The lowest BCUT2D eigenvalue weighted by Gasteiger charge is -2.40. The highest BCUT2D eigenvalue weighted by Gasteiger charge is 2.50. The molecule has 2 saturated heterocycles. The summed E-state index contributed by atoms with van der Waals surface area (Å²) in [7, 11) is -2.64. The van der Waals surface area contributed by atoms with Gasteiger partial charge in [-0.1, -0.05) is 21.9 Å². The van der Waals surface area contributed by atoms with Crippen molar-refractivity contribution in [3.63, 3.8) is 0 Å². The maximum atomic E-state index is 13.8. The van der Waals surface area contributed by atoms with E-state index in [1.54, 1.807) is 6.92 Å². The summed E-state index contributed by atoms with van der Waals surface area (Å²) in [6, 6.07) is 1.22. The van der Waals surface area contributed by atoms with Crippen LogP contribution in [0.1, 0.15) is 35.2 Å². The molecule has 3 atom stereocenters. The standard InChI is InChI=1S/C21H25BrN2O6S/c1-4-8-23-11-14(12-30-3)18-6-5-7-19(20(23)25)24(18)31(28,29)15-9-16(21(26)27)13(2)17(22)10-15/h1,9-10,14,18-19H,5-8,11-12H2,2-3H3,(H,26,27)/t14-,18-,19+/m1/s1. The Balaban J connectivity index is 2.16. The molecule has 0 radical (unpaired) electrons. The second kappa shape index (κ2) is 9.28. The molecule has 8 nitrogen and oxygen atoms in total. The van der Waals surface area contributed by atoms with E-state index in [1.807, 2.05) is 0 Å². The molecule has 2 aliphatic heterocycles. The minimum atomic E-state index is -4.18. The van der Waals surface area contributed by atoms with Crippen molar-refractivity contribution in [3.05, 3.63) is 27.7 Å². The van der Waals surface area contributed by atoms with Crippen LogP contribution in [-0.2, 0) is 19.6 Å². The molecule has 0 unspecified atom stereocenters. The van der Waals surface area contributed by atoms with Crippen molar-refractivity contribution in [1.82, 2.24) is 9.21 Å². The van der Waals surface area contributed by atoms with Gasteiger partial charge in [0.25, 0.3) is 0 Å². The summed E-state index contributed by atoms with van der Waals surface area (Å²) < 4.78 is 34.6. The molecule has 2 bridgehead atoms. The van der Waals surface area contributed by atoms with Gasteiger partial charge in [-0.25, -0.2) is 13.2 Å². The smallest absolute Gasteiger partial charge is 0.336 e. The summed E-state index contributed by atoms with van der Waals surface area (Å²) in [5.41, 5.74) is 0.317. The normalized spacial score (nSPS) is 24.5. The van der Waals surface area contributed by atoms with Crippen LogP contribution >= 0.6 is 15.9 Å². The molecular weight excluding hydrogens is 488 g/mol. The Kier molecular flexibility index (Phi) is 7.11. The molecule has 0 saturated carbocycles. The molecule has 1 aromatic carbocycles. The van der Waals surface area contributed by atoms with Gasteiger partial charge in [-0.3, -0.25) is 4.79 Å². The quantitative estimate of drug-likeness (QED) is 0.585. The Morgan fingerprint density at radius 3 is 2.71 bits per heavy atom. The van der Waals surface area contributed by atoms with E-state index in [1.165, 1.54) is 22.4 Å². The molecule has 3 rings (SSSR count). The summed E-state index contributed by atoms with van der Waals surface area (Å²) in [5.74, 6) is 0.681. The monoisotopic (exact) mass is 512 g/mol. The highest BCUT2D eigenvalue weighted by molar-refractivity contribution is 9.10. The maximum Gasteiger partial charge on any atom is 0.336 e. The molecule has 1 amide bonds. The molecule has 0 aromatic heterocycles. The molecule has 0 spiro atoms. The van der Waals surface area contributed by atoms with Crippen LogP contribution in [0.25, 0.3) is 0 Å². The number of carbonyl (C=O) groups excluding carboxylic acids is 1. The zero-order valence-electron chi connectivity index (χ0n) is 17.4. The lowest BCUT2D eigenvalue weighted by Crippen LogP contribution is -2.55. The van der Waals surface area contributed by atoms with Gasteiger partial charge >= 0.3 is 5.97 Å². The number of carboxylic acid groups (broad SMARTS) is 1. The fourth-order valence-electron chi connectivity index (χ4n) is 4.51. The third-order valence-electron chi connectivity index (χ3n) is 5.99. The summed E-state index contributed by atoms with van der Waals surface area (Å²) >= 11 is 3.27. The van der Waals surface area contributed by atoms with E-state index >= 15 is 0 Å². The Morgan fingerprint density at radius 1 is 1.39 bits per heavy atom. The third-order valence-corrected chi connectivity index (χ3v) is 8.73. The van der Waals surface area contributed by atoms with Crippen molar-refractivity contribution in [2.45, 2.75) is 43.2 Å². The number of sulfonamides is 1. The first-order valence-corrected chi connectivity index (χ1v) is 12.1. The first kappa shape index (κ1) is 23.7. The first-order valence-electron chi connectivity index (χ1n) is 9.91. The summed E-state index contributed by atoms with van der Waals surface area (Å²) in [6.07, 6.45) is 7.12. The van der Waals surface area contributed by atoms with Crippen LogP contribution in [0.2, 0.25) is 0 Å². The zero-order chi connectivity index (χ0) is 22.9. The summed E-state index contributed by atoms with van der Waals surface area (Å²) in [6.45, 7) is 2.27. The molecule has 168 valence electrons. The SMILES string of the molecule is C#CCN1C[C@H](COC)[C@H]2CCC[C@@H](C1=O)N2S(=O)(=O)c1cc(Br)c(C)c(C(=O)O)c1. The Bertz CT molecular complexity index is 1040. The van der Waals surface area contributed by atoms with Gasteiger partial charge in [0, 0.05) is 30.1 Å². The van der Waals surface area contributed by atoms with Crippen LogP contribution in [-0.4, -0.2) is 73.5 Å². The number of nitrogens with zero attached hydrogens (tertiary/aromatic N) is 2. The van der Waals surface area contributed by atoms with Gasteiger partial charge in [-0.05, 0) is 43.9 Å². The van der Waals surface area contributed by atoms with Gasteiger partial charge in [0.1, 0.15) is 6.04 Å². The van der Waals surface area contributed by atoms with Gasteiger partial charge in [-0.2, -0.15) is 4.31 Å². The van der Waals surface area contributed by atoms with E-state index in [2.05, 4.69) is 21.9 Å². The van der Waals surface area contributed by atoms with Crippen LogP contribution in [0.3, 0.4) is 0 Å². The van der Waals surface area contributed by atoms with E-state index in [-0.39, 0.29) is 35.4 Å². The molecule has 2 aliphatic rings. The number of hydrogen-bond acceptors (Lipinski definition) is 5. The number of piperidine rings is 1. The predicted molar refractivity (Wildman–Crippen MR) is 117 cm³/mol. The van der Waals surface area contributed by atoms with Gasteiger partial charge in [0.15, 0.2) is 0 Å². The third kappa shape index (κ3) is 4.37. The molecule has 2 fully saturated rings. The summed E-state index contributed by atoms with van der Waals surface area (Å²) in [5, 5.41) is 9.52. The van der Waals surface area contributed by atoms with Gasteiger partial charge in [-0.15, -0.1) is 6.42 Å². The van der Waals surface area contributed by atoms with E-state index in [0.29, 0.717) is 35.8 Å². The lowest BCUT2D eigenvalue weighted by molar-refractivity contribution is -0.134. The van der Waals surface area contributed by atoms with Crippen molar-refractivity contribution in [1.29, 1.82) is 0 Å². The zero-order valence-corrected chi connectivity index (χ0v) is 19.8. The molecule has 10 heteroatoms. The molecule has 1 aromatic rings. The highest BCUT2D eigenvalue weighted by atomic mass is 79.9. The van der Waals surface area contributed by atoms with E-state index < -0.39 is 28.1 Å². The fraction of sp³-hybridized carbons (Fsp3) is 0.524. The van der Waals surface area contributed by atoms with Crippen molar-refractivity contribution in [2.24, 2.45) is 5.92 Å². The van der Waals surface area contributed by atoms with Crippen LogP contribution < -0.4 is 0 Å². The molecule has 31 heavy (non-hydrogen) atoms. The largest absolute Gasteiger partial charge is 0.478 e. The van der Waals surface area contributed by atoms with Crippen molar-refractivity contribution in [3.8, 4) is 12.3 Å². The van der Waals surface area contributed by atoms with Gasteiger partial charge in [0.2, 0.25) is 15.9 Å². The number of benzene rings is 1.